The predicted octanol–water partition coefficient (Wildman–Crippen LogP) is 4.40. The van der Waals surface area contributed by atoms with Crippen molar-refractivity contribution in [1.29, 1.82) is 0 Å². The maximum Gasteiger partial charge on any atom is 0.296 e. The van der Waals surface area contributed by atoms with Crippen molar-refractivity contribution >= 4 is 49.8 Å². The molecule has 148 valence electrons. The van der Waals surface area contributed by atoms with Crippen LogP contribution in [0.2, 0.25) is 0 Å². The highest BCUT2D eigenvalue weighted by molar-refractivity contribution is 9.10. The van der Waals surface area contributed by atoms with Crippen molar-refractivity contribution in [2.75, 3.05) is 36.5 Å². The van der Waals surface area contributed by atoms with Crippen molar-refractivity contribution in [3.63, 3.8) is 0 Å². The lowest BCUT2D eigenvalue weighted by Crippen LogP contribution is -2.36. The molecule has 3 aromatic rings. The fourth-order valence-corrected chi connectivity index (χ4v) is 3.90. The van der Waals surface area contributed by atoms with Crippen LogP contribution < -0.4 is 10.2 Å². The number of halogens is 2. The van der Waals surface area contributed by atoms with Crippen LogP contribution in [0.5, 0.6) is 0 Å². The van der Waals surface area contributed by atoms with Crippen LogP contribution in [0.3, 0.4) is 0 Å². The molecule has 0 aromatic heterocycles. The number of Topliss-reactive ketones (excluding diaryl/α,β-unsaturated/α-hetero) is 1. The van der Waals surface area contributed by atoms with E-state index in [0.29, 0.717) is 42.9 Å². The van der Waals surface area contributed by atoms with E-state index in [4.69, 9.17) is 4.74 Å². The number of carbonyl (C=O) groups excluding carboxylic acids is 2. The molecular formula is C22H18BrFN2O3. The largest absolute Gasteiger partial charge is 0.378 e. The first-order chi connectivity index (χ1) is 14.0. The second-order valence-electron chi connectivity index (χ2n) is 6.72. The number of rotatable bonds is 4. The summed E-state index contributed by atoms with van der Waals surface area (Å²) < 4.78 is 20.3. The van der Waals surface area contributed by atoms with Gasteiger partial charge in [0.15, 0.2) is 0 Å². The average Bonchev–Trinajstić information content (AvgIpc) is 2.74. The minimum absolute atomic E-state index is 0.242. The summed E-state index contributed by atoms with van der Waals surface area (Å²) in [6, 6.07) is 15.0. The molecule has 1 aliphatic heterocycles. The quantitative estimate of drug-likeness (QED) is 0.466. The van der Waals surface area contributed by atoms with Crippen molar-refractivity contribution in [2.45, 2.75) is 0 Å². The molecule has 0 saturated carbocycles. The molecule has 7 heteroatoms. The Morgan fingerprint density at radius 1 is 1.00 bits per heavy atom. The maximum atomic E-state index is 14.1. The van der Waals surface area contributed by atoms with Gasteiger partial charge in [-0.15, -0.1) is 0 Å². The van der Waals surface area contributed by atoms with Gasteiger partial charge in [-0.05, 0) is 41.1 Å². The number of ether oxygens (including phenoxy) is 1. The van der Waals surface area contributed by atoms with Gasteiger partial charge in [0, 0.05) is 34.5 Å². The van der Waals surface area contributed by atoms with E-state index in [1.54, 1.807) is 24.3 Å². The molecule has 0 unspecified atom stereocenters. The van der Waals surface area contributed by atoms with Gasteiger partial charge < -0.3 is 15.0 Å². The molecule has 1 aliphatic rings. The van der Waals surface area contributed by atoms with E-state index in [0.717, 1.165) is 9.86 Å². The van der Waals surface area contributed by atoms with Crippen LogP contribution >= 0.6 is 15.9 Å². The third-order valence-electron chi connectivity index (χ3n) is 4.84. The van der Waals surface area contributed by atoms with E-state index >= 15 is 0 Å². The van der Waals surface area contributed by atoms with Crippen molar-refractivity contribution in [3.05, 3.63) is 70.5 Å². The van der Waals surface area contributed by atoms with E-state index in [9.17, 15) is 14.0 Å². The molecule has 1 fully saturated rings. The van der Waals surface area contributed by atoms with E-state index in [2.05, 4.69) is 21.2 Å². The maximum absolute atomic E-state index is 14.1. The molecule has 1 amide bonds. The lowest BCUT2D eigenvalue weighted by molar-refractivity contribution is -0.112. The summed E-state index contributed by atoms with van der Waals surface area (Å²) in [7, 11) is 0. The summed E-state index contributed by atoms with van der Waals surface area (Å²) in [5.74, 6) is -1.97. The summed E-state index contributed by atoms with van der Waals surface area (Å²) in [5.41, 5.74) is 1.18. The standard InChI is InChI=1S/C22H18BrFN2O3/c23-20-6-5-19(17-3-1-2-4-18(17)20)21(27)22(28)25-15-11-14(24)12-16(13-15)26-7-9-29-10-8-26/h1-6,11-13H,7-10H2,(H,25,28). The number of morpholine rings is 1. The Bertz CT molecular complexity index is 1100. The van der Waals surface area contributed by atoms with Gasteiger partial charge in [-0.3, -0.25) is 9.59 Å². The SMILES string of the molecule is O=C(Nc1cc(F)cc(N2CCOCC2)c1)C(=O)c1ccc(Br)c2ccccc12. The molecule has 0 bridgehead atoms. The number of carbonyl (C=O) groups is 2. The molecule has 1 N–H and O–H groups in total. The van der Waals surface area contributed by atoms with Crippen molar-refractivity contribution in [2.24, 2.45) is 0 Å². The second kappa shape index (κ2) is 8.31. The van der Waals surface area contributed by atoms with Gasteiger partial charge in [0.05, 0.1) is 13.2 Å². The number of amides is 1. The van der Waals surface area contributed by atoms with Gasteiger partial charge >= 0.3 is 0 Å². The first-order valence-corrected chi connectivity index (χ1v) is 9.98. The van der Waals surface area contributed by atoms with Crippen LogP contribution in [0.4, 0.5) is 15.8 Å². The number of fused-ring (bicyclic) bond motifs is 1. The molecule has 1 heterocycles. The third-order valence-corrected chi connectivity index (χ3v) is 5.53. The Morgan fingerprint density at radius 3 is 2.48 bits per heavy atom. The lowest BCUT2D eigenvalue weighted by Gasteiger charge is -2.29. The number of anilines is 2. The second-order valence-corrected chi connectivity index (χ2v) is 7.58. The fourth-order valence-electron chi connectivity index (χ4n) is 3.42. The number of ketones is 1. The number of hydrogen-bond donors (Lipinski definition) is 1. The smallest absolute Gasteiger partial charge is 0.296 e. The van der Waals surface area contributed by atoms with Crippen molar-refractivity contribution in [1.82, 2.24) is 0 Å². The van der Waals surface area contributed by atoms with Crippen molar-refractivity contribution in [3.8, 4) is 0 Å². The van der Waals surface area contributed by atoms with Crippen LogP contribution in [0, 0.1) is 5.82 Å². The van der Waals surface area contributed by atoms with Gasteiger partial charge in [0.25, 0.3) is 11.7 Å². The van der Waals surface area contributed by atoms with Crippen LogP contribution in [0.25, 0.3) is 10.8 Å². The first kappa shape index (κ1) is 19.5. The lowest BCUT2D eigenvalue weighted by atomic mass is 10.0. The Hall–Kier alpha value is -2.77. The molecule has 3 aromatic carbocycles. The highest BCUT2D eigenvalue weighted by Crippen LogP contribution is 2.28. The van der Waals surface area contributed by atoms with Gasteiger partial charge in [0.1, 0.15) is 5.82 Å². The van der Waals surface area contributed by atoms with Gasteiger partial charge in [-0.1, -0.05) is 40.2 Å². The zero-order valence-corrected chi connectivity index (χ0v) is 17.0. The van der Waals surface area contributed by atoms with Gasteiger partial charge in [-0.25, -0.2) is 4.39 Å². The minimum atomic E-state index is -0.809. The van der Waals surface area contributed by atoms with Gasteiger partial charge in [0.2, 0.25) is 0 Å². The summed E-state index contributed by atoms with van der Waals surface area (Å²) in [5, 5.41) is 4.06. The van der Waals surface area contributed by atoms with E-state index in [-0.39, 0.29) is 5.69 Å². The van der Waals surface area contributed by atoms with Crippen LogP contribution in [-0.2, 0) is 9.53 Å². The molecule has 5 nitrogen and oxygen atoms in total. The van der Waals surface area contributed by atoms with Crippen LogP contribution in [-0.4, -0.2) is 38.0 Å². The zero-order chi connectivity index (χ0) is 20.4. The van der Waals surface area contributed by atoms with Crippen LogP contribution in [0.1, 0.15) is 10.4 Å². The normalized spacial score (nSPS) is 14.1. The Labute approximate surface area is 175 Å². The number of nitrogens with one attached hydrogen (secondary N) is 1. The minimum Gasteiger partial charge on any atom is -0.378 e. The van der Waals surface area contributed by atoms with E-state index in [1.807, 2.05) is 23.1 Å². The summed E-state index contributed by atoms with van der Waals surface area (Å²) in [6.45, 7) is 2.40. The van der Waals surface area contributed by atoms with E-state index in [1.165, 1.54) is 12.1 Å². The fraction of sp³-hybridized carbons (Fsp3) is 0.182. The zero-order valence-electron chi connectivity index (χ0n) is 15.5. The molecule has 0 spiro atoms. The number of benzene rings is 3. The Balaban J connectivity index is 1.59. The highest BCUT2D eigenvalue weighted by Gasteiger charge is 2.21. The van der Waals surface area contributed by atoms with Crippen molar-refractivity contribution < 1.29 is 18.7 Å². The average molecular weight is 457 g/mol. The molecule has 29 heavy (non-hydrogen) atoms. The monoisotopic (exact) mass is 456 g/mol. The molecule has 0 atom stereocenters. The highest BCUT2D eigenvalue weighted by atomic mass is 79.9. The number of hydrogen-bond acceptors (Lipinski definition) is 4. The summed E-state index contributed by atoms with van der Waals surface area (Å²) >= 11 is 3.46. The molecule has 0 radical (unpaired) electrons. The summed E-state index contributed by atoms with van der Waals surface area (Å²) in [4.78, 5) is 27.4. The molecule has 4 rings (SSSR count). The topological polar surface area (TPSA) is 58.6 Å². The Morgan fingerprint density at radius 2 is 1.72 bits per heavy atom. The summed E-state index contributed by atoms with van der Waals surface area (Å²) in [6.07, 6.45) is 0. The number of nitrogens with zero attached hydrogens (tertiary/aromatic N) is 1. The van der Waals surface area contributed by atoms with E-state index < -0.39 is 17.5 Å². The molecule has 1 saturated heterocycles. The third kappa shape index (κ3) is 4.16. The predicted molar refractivity (Wildman–Crippen MR) is 114 cm³/mol. The molecule has 0 aliphatic carbocycles. The van der Waals surface area contributed by atoms with Crippen LogP contribution in [0.15, 0.2) is 59.1 Å². The Kier molecular flexibility index (Phi) is 5.60. The molecular weight excluding hydrogens is 439 g/mol. The first-order valence-electron chi connectivity index (χ1n) is 9.19. The van der Waals surface area contributed by atoms with Gasteiger partial charge in [-0.2, -0.15) is 0 Å².